The number of benzene rings is 3. The standard InChI is InChI=1S/C29H29N5O4/c1-37-24-15-18-11-13-34(17-19(18)16-25(24)38-2)14-12-31-29(36)21-8-4-3-7-20(21)26-27(28(30)35)33-23-10-6-5-9-22(23)32-26/h3-10,15-16H,11-14,17H2,1-2H3,(H2,30,35)(H,31,36). The normalized spacial score (nSPS) is 13.1. The van der Waals surface area contributed by atoms with Gasteiger partial charge < -0.3 is 20.5 Å². The molecule has 1 aliphatic rings. The molecular weight excluding hydrogens is 482 g/mol. The van der Waals surface area contributed by atoms with Crippen molar-refractivity contribution in [3.8, 4) is 22.8 Å². The highest BCUT2D eigenvalue weighted by Gasteiger charge is 2.22. The van der Waals surface area contributed by atoms with Gasteiger partial charge >= 0.3 is 0 Å². The minimum absolute atomic E-state index is 0.0305. The molecule has 0 unspecified atom stereocenters. The van der Waals surface area contributed by atoms with E-state index in [1.807, 2.05) is 30.3 Å². The monoisotopic (exact) mass is 511 g/mol. The highest BCUT2D eigenvalue weighted by atomic mass is 16.5. The third-order valence-corrected chi connectivity index (χ3v) is 6.74. The molecule has 9 nitrogen and oxygen atoms in total. The van der Waals surface area contributed by atoms with Crippen LogP contribution in [0, 0.1) is 0 Å². The van der Waals surface area contributed by atoms with E-state index >= 15 is 0 Å². The molecule has 1 aromatic heterocycles. The first-order chi connectivity index (χ1) is 18.5. The molecule has 0 saturated heterocycles. The molecular formula is C29H29N5O4. The molecule has 0 spiro atoms. The van der Waals surface area contributed by atoms with Gasteiger partial charge in [0.2, 0.25) is 0 Å². The summed E-state index contributed by atoms with van der Waals surface area (Å²) < 4.78 is 10.9. The van der Waals surface area contributed by atoms with E-state index in [0.717, 1.165) is 25.3 Å². The van der Waals surface area contributed by atoms with E-state index in [1.165, 1.54) is 11.1 Å². The zero-order valence-corrected chi connectivity index (χ0v) is 21.4. The lowest BCUT2D eigenvalue weighted by Gasteiger charge is -2.29. The molecule has 0 bridgehead atoms. The number of amides is 2. The summed E-state index contributed by atoms with van der Waals surface area (Å²) >= 11 is 0. The number of fused-ring (bicyclic) bond motifs is 2. The number of nitrogens with one attached hydrogen (secondary N) is 1. The van der Waals surface area contributed by atoms with Crippen molar-refractivity contribution in [2.75, 3.05) is 33.9 Å². The van der Waals surface area contributed by atoms with Crippen LogP contribution in [0.1, 0.15) is 32.0 Å². The fourth-order valence-electron chi connectivity index (χ4n) is 4.80. The quantitative estimate of drug-likeness (QED) is 0.373. The first-order valence-corrected chi connectivity index (χ1v) is 12.4. The van der Waals surface area contributed by atoms with Gasteiger partial charge in [0.05, 0.1) is 25.3 Å². The zero-order chi connectivity index (χ0) is 26.6. The number of primary amides is 1. The van der Waals surface area contributed by atoms with Gasteiger partial charge in [-0.2, -0.15) is 0 Å². The second-order valence-electron chi connectivity index (χ2n) is 9.08. The minimum atomic E-state index is -0.701. The van der Waals surface area contributed by atoms with Crippen molar-refractivity contribution in [2.45, 2.75) is 13.0 Å². The van der Waals surface area contributed by atoms with Crippen molar-refractivity contribution in [1.82, 2.24) is 20.2 Å². The summed E-state index contributed by atoms with van der Waals surface area (Å²) in [6.45, 7) is 2.78. The molecule has 38 heavy (non-hydrogen) atoms. The lowest BCUT2D eigenvalue weighted by atomic mass is 9.99. The SMILES string of the molecule is COc1cc2c(cc1OC)CN(CCNC(=O)c1ccccc1-c1nc3ccccc3nc1C(N)=O)CC2. The van der Waals surface area contributed by atoms with Crippen molar-refractivity contribution in [2.24, 2.45) is 5.73 Å². The Balaban J connectivity index is 1.31. The van der Waals surface area contributed by atoms with Crippen LogP contribution in [0.15, 0.2) is 60.7 Å². The zero-order valence-electron chi connectivity index (χ0n) is 21.4. The van der Waals surface area contributed by atoms with E-state index in [-0.39, 0.29) is 11.6 Å². The van der Waals surface area contributed by atoms with Crippen molar-refractivity contribution < 1.29 is 19.1 Å². The third-order valence-electron chi connectivity index (χ3n) is 6.74. The molecule has 0 fully saturated rings. The van der Waals surface area contributed by atoms with Crippen LogP contribution in [0.5, 0.6) is 11.5 Å². The average molecular weight is 512 g/mol. The number of carbonyl (C=O) groups excluding carboxylic acids is 2. The molecule has 9 heteroatoms. The lowest BCUT2D eigenvalue weighted by Crippen LogP contribution is -2.38. The van der Waals surface area contributed by atoms with Crippen LogP contribution in [0.2, 0.25) is 0 Å². The molecule has 3 aromatic carbocycles. The Hall–Kier alpha value is -4.50. The summed E-state index contributed by atoms with van der Waals surface area (Å²) in [4.78, 5) is 36.8. The first-order valence-electron chi connectivity index (χ1n) is 12.4. The first kappa shape index (κ1) is 25.2. The fourth-order valence-corrected chi connectivity index (χ4v) is 4.80. The molecule has 194 valence electrons. The van der Waals surface area contributed by atoms with Gasteiger partial charge in [-0.05, 0) is 47.9 Å². The summed E-state index contributed by atoms with van der Waals surface area (Å²) in [5, 5.41) is 3.02. The van der Waals surface area contributed by atoms with Crippen LogP contribution in [0.25, 0.3) is 22.3 Å². The predicted octanol–water partition coefficient (Wildman–Crippen LogP) is 3.20. The highest BCUT2D eigenvalue weighted by molar-refractivity contribution is 6.05. The maximum absolute atomic E-state index is 13.3. The van der Waals surface area contributed by atoms with Crippen molar-refractivity contribution >= 4 is 22.8 Å². The molecule has 1 aliphatic heterocycles. The number of hydrogen-bond acceptors (Lipinski definition) is 7. The van der Waals surface area contributed by atoms with Crippen molar-refractivity contribution in [3.05, 3.63) is 83.0 Å². The Bertz CT molecular complexity index is 1520. The number of methoxy groups -OCH3 is 2. The summed E-state index contributed by atoms with van der Waals surface area (Å²) in [5.41, 5.74) is 10.5. The summed E-state index contributed by atoms with van der Waals surface area (Å²) in [7, 11) is 3.27. The molecule has 0 atom stereocenters. The summed E-state index contributed by atoms with van der Waals surface area (Å²) in [5.74, 6) is 0.495. The average Bonchev–Trinajstić information content (AvgIpc) is 2.95. The smallest absolute Gasteiger partial charge is 0.269 e. The number of hydrogen-bond donors (Lipinski definition) is 2. The van der Waals surface area contributed by atoms with Gasteiger partial charge in [0.15, 0.2) is 17.2 Å². The maximum Gasteiger partial charge on any atom is 0.269 e. The molecule has 3 N–H and O–H groups in total. The second-order valence-corrected chi connectivity index (χ2v) is 9.08. The summed E-state index contributed by atoms with van der Waals surface area (Å²) in [6, 6.07) is 18.3. The van der Waals surface area contributed by atoms with Gasteiger partial charge in [-0.15, -0.1) is 0 Å². The van der Waals surface area contributed by atoms with Crippen LogP contribution >= 0.6 is 0 Å². The molecule has 0 aliphatic carbocycles. The van der Waals surface area contributed by atoms with E-state index in [2.05, 4.69) is 20.2 Å². The van der Waals surface area contributed by atoms with Crippen molar-refractivity contribution in [3.63, 3.8) is 0 Å². The number of carbonyl (C=O) groups is 2. The predicted molar refractivity (Wildman–Crippen MR) is 144 cm³/mol. The second kappa shape index (κ2) is 10.9. The number of rotatable bonds is 8. The van der Waals surface area contributed by atoms with E-state index in [0.29, 0.717) is 46.7 Å². The van der Waals surface area contributed by atoms with E-state index in [1.54, 1.807) is 44.6 Å². The van der Waals surface area contributed by atoms with Crippen molar-refractivity contribution in [1.29, 1.82) is 0 Å². The molecule has 2 amide bonds. The van der Waals surface area contributed by atoms with E-state index in [9.17, 15) is 9.59 Å². The Morgan fingerprint density at radius 3 is 2.32 bits per heavy atom. The van der Waals surface area contributed by atoms with Crippen LogP contribution in [0.3, 0.4) is 0 Å². The fraction of sp³-hybridized carbons (Fsp3) is 0.241. The Morgan fingerprint density at radius 1 is 0.947 bits per heavy atom. The maximum atomic E-state index is 13.3. The van der Waals surface area contributed by atoms with Gasteiger partial charge in [0.25, 0.3) is 11.8 Å². The highest BCUT2D eigenvalue weighted by Crippen LogP contribution is 2.33. The van der Waals surface area contributed by atoms with Crippen LogP contribution in [-0.2, 0) is 13.0 Å². The molecule has 0 radical (unpaired) electrons. The lowest BCUT2D eigenvalue weighted by molar-refractivity contribution is 0.0945. The van der Waals surface area contributed by atoms with Gasteiger partial charge in [-0.1, -0.05) is 30.3 Å². The number of ether oxygens (including phenoxy) is 2. The van der Waals surface area contributed by atoms with E-state index in [4.69, 9.17) is 15.2 Å². The minimum Gasteiger partial charge on any atom is -0.493 e. The molecule has 4 aromatic rings. The Kier molecular flexibility index (Phi) is 7.19. The molecule has 2 heterocycles. The van der Waals surface area contributed by atoms with Gasteiger partial charge in [-0.25, -0.2) is 9.97 Å². The Labute approximate surface area is 220 Å². The number of nitrogens with zero attached hydrogens (tertiary/aromatic N) is 3. The number of nitrogens with two attached hydrogens (primary N) is 1. The van der Waals surface area contributed by atoms with Crippen LogP contribution in [-0.4, -0.2) is 60.5 Å². The van der Waals surface area contributed by atoms with Crippen LogP contribution in [0.4, 0.5) is 0 Å². The largest absolute Gasteiger partial charge is 0.493 e. The van der Waals surface area contributed by atoms with Crippen LogP contribution < -0.4 is 20.5 Å². The number of para-hydroxylation sites is 2. The van der Waals surface area contributed by atoms with Gasteiger partial charge in [0, 0.05) is 37.3 Å². The topological polar surface area (TPSA) is 120 Å². The van der Waals surface area contributed by atoms with E-state index < -0.39 is 5.91 Å². The van der Waals surface area contributed by atoms with Gasteiger partial charge in [-0.3, -0.25) is 14.5 Å². The summed E-state index contributed by atoms with van der Waals surface area (Å²) in [6.07, 6.45) is 0.892. The number of aromatic nitrogens is 2. The molecule has 0 saturated carbocycles. The third kappa shape index (κ3) is 5.01. The van der Waals surface area contributed by atoms with Gasteiger partial charge in [0.1, 0.15) is 5.69 Å². The Morgan fingerprint density at radius 2 is 1.61 bits per heavy atom. The molecule has 5 rings (SSSR count).